The molecule has 202 valence electrons. The van der Waals surface area contributed by atoms with E-state index in [4.69, 9.17) is 9.47 Å². The van der Waals surface area contributed by atoms with E-state index in [9.17, 15) is 9.59 Å². The maximum absolute atomic E-state index is 14.3. The van der Waals surface area contributed by atoms with Crippen LogP contribution >= 0.6 is 0 Å². The molecule has 0 radical (unpaired) electrons. The highest BCUT2D eigenvalue weighted by molar-refractivity contribution is 6.08. The van der Waals surface area contributed by atoms with Gasteiger partial charge in [-0.3, -0.25) is 9.59 Å². The molecule has 1 aliphatic heterocycles. The molecule has 0 saturated carbocycles. The van der Waals surface area contributed by atoms with Crippen molar-refractivity contribution in [1.82, 2.24) is 10.6 Å². The van der Waals surface area contributed by atoms with Gasteiger partial charge in [0.15, 0.2) is 11.5 Å². The van der Waals surface area contributed by atoms with Gasteiger partial charge in [0.25, 0.3) is 0 Å². The molecule has 6 heteroatoms. The van der Waals surface area contributed by atoms with Crippen molar-refractivity contribution in [1.29, 1.82) is 0 Å². The fourth-order valence-electron chi connectivity index (χ4n) is 4.99. The van der Waals surface area contributed by atoms with Crippen LogP contribution in [0.15, 0.2) is 146 Å². The molecular formula is C35H28N2O4. The Balaban J connectivity index is 1.38. The topological polar surface area (TPSA) is 76.7 Å². The molecule has 0 bridgehead atoms. The summed E-state index contributed by atoms with van der Waals surface area (Å²) in [5.41, 5.74) is 3.41. The molecule has 5 aromatic rings. The Morgan fingerprint density at radius 2 is 0.707 bits per heavy atom. The zero-order chi connectivity index (χ0) is 28.1. The first kappa shape index (κ1) is 25.9. The summed E-state index contributed by atoms with van der Waals surface area (Å²) in [4.78, 5) is 28.5. The number of nitrogens with one attached hydrogen (secondary N) is 2. The number of ether oxygens (including phenoxy) is 2. The van der Waals surface area contributed by atoms with Crippen LogP contribution in [0, 0.1) is 0 Å². The lowest BCUT2D eigenvalue weighted by Gasteiger charge is -2.30. The molecular weight excluding hydrogens is 512 g/mol. The van der Waals surface area contributed by atoms with Gasteiger partial charge in [-0.2, -0.15) is 0 Å². The molecule has 5 aromatic carbocycles. The largest absolute Gasteiger partial charge is 0.433 e. The van der Waals surface area contributed by atoms with Crippen LogP contribution in [-0.2, 0) is 9.59 Å². The van der Waals surface area contributed by atoms with Crippen molar-refractivity contribution in [3.63, 3.8) is 0 Å². The van der Waals surface area contributed by atoms with Crippen molar-refractivity contribution in [3.8, 4) is 11.5 Å². The smallest absolute Gasteiger partial charge is 0.415 e. The van der Waals surface area contributed by atoms with Crippen LogP contribution in [0.5, 0.6) is 11.5 Å². The van der Waals surface area contributed by atoms with Crippen LogP contribution in [0.1, 0.15) is 34.3 Å². The lowest BCUT2D eigenvalue weighted by atomic mass is 9.97. The van der Waals surface area contributed by atoms with Gasteiger partial charge >= 0.3 is 17.6 Å². The molecule has 1 heterocycles. The number of fused-ring (bicyclic) bond motifs is 1. The average Bonchev–Trinajstić information content (AvgIpc) is 3.45. The molecule has 0 unspecified atom stereocenters. The van der Waals surface area contributed by atoms with Gasteiger partial charge in [0.1, 0.15) is 0 Å². The van der Waals surface area contributed by atoms with Crippen molar-refractivity contribution < 1.29 is 19.1 Å². The number of hydrogen-bond acceptors (Lipinski definition) is 4. The fourth-order valence-corrected chi connectivity index (χ4v) is 4.99. The van der Waals surface area contributed by atoms with Crippen molar-refractivity contribution in [2.45, 2.75) is 17.9 Å². The Labute approximate surface area is 238 Å². The van der Waals surface area contributed by atoms with Gasteiger partial charge in [0, 0.05) is 0 Å². The Kier molecular flexibility index (Phi) is 7.20. The highest BCUT2D eigenvalue weighted by Gasteiger charge is 2.57. The van der Waals surface area contributed by atoms with Crippen molar-refractivity contribution in [3.05, 3.63) is 168 Å². The van der Waals surface area contributed by atoms with Crippen molar-refractivity contribution in [2.75, 3.05) is 0 Å². The lowest BCUT2D eigenvalue weighted by molar-refractivity contribution is -0.171. The quantitative estimate of drug-likeness (QED) is 0.238. The van der Waals surface area contributed by atoms with Gasteiger partial charge in [-0.25, -0.2) is 0 Å². The summed E-state index contributed by atoms with van der Waals surface area (Å²) in [6.45, 7) is 0. The van der Waals surface area contributed by atoms with Crippen LogP contribution in [0.2, 0.25) is 0 Å². The summed E-state index contributed by atoms with van der Waals surface area (Å²) in [7, 11) is 0. The van der Waals surface area contributed by atoms with Gasteiger partial charge < -0.3 is 20.1 Å². The van der Waals surface area contributed by atoms with Gasteiger partial charge in [-0.05, 0) is 34.4 Å². The van der Waals surface area contributed by atoms with E-state index < -0.39 is 29.7 Å². The second-order valence-electron chi connectivity index (χ2n) is 9.72. The third-order valence-corrected chi connectivity index (χ3v) is 7.04. The Bertz CT molecular complexity index is 1420. The number of benzene rings is 5. The summed E-state index contributed by atoms with van der Waals surface area (Å²) in [5, 5.41) is 6.10. The first-order valence-corrected chi connectivity index (χ1v) is 13.4. The zero-order valence-corrected chi connectivity index (χ0v) is 22.1. The van der Waals surface area contributed by atoms with Crippen molar-refractivity contribution >= 4 is 11.8 Å². The number of amides is 2. The zero-order valence-electron chi connectivity index (χ0n) is 22.1. The third kappa shape index (κ3) is 5.28. The summed E-state index contributed by atoms with van der Waals surface area (Å²) in [6, 6.07) is 44.1. The van der Waals surface area contributed by atoms with Crippen LogP contribution in [0.3, 0.4) is 0 Å². The minimum absolute atomic E-state index is 0.310. The maximum Gasteiger partial charge on any atom is 0.415 e. The molecule has 0 aromatic heterocycles. The molecule has 0 spiro atoms. The number of rotatable bonds is 8. The third-order valence-electron chi connectivity index (χ3n) is 7.04. The van der Waals surface area contributed by atoms with E-state index in [1.807, 2.05) is 121 Å². The molecule has 0 aliphatic carbocycles. The van der Waals surface area contributed by atoms with Crippen molar-refractivity contribution in [2.24, 2.45) is 0 Å². The summed E-state index contributed by atoms with van der Waals surface area (Å²) >= 11 is 0. The molecule has 6 nitrogen and oxygen atoms in total. The highest BCUT2D eigenvalue weighted by atomic mass is 16.7. The van der Waals surface area contributed by atoms with Gasteiger partial charge in [0.2, 0.25) is 0 Å². The average molecular weight is 541 g/mol. The summed E-state index contributed by atoms with van der Waals surface area (Å²) in [5.74, 6) is -3.12. The van der Waals surface area contributed by atoms with Crippen LogP contribution in [-0.4, -0.2) is 17.6 Å². The molecule has 0 atom stereocenters. The number of carbonyl (C=O) groups excluding carboxylic acids is 2. The van der Waals surface area contributed by atoms with E-state index in [1.165, 1.54) is 0 Å². The number of para-hydroxylation sites is 2. The van der Waals surface area contributed by atoms with E-state index in [2.05, 4.69) is 10.6 Å². The van der Waals surface area contributed by atoms with Gasteiger partial charge in [-0.15, -0.1) is 0 Å². The van der Waals surface area contributed by atoms with Crippen LogP contribution < -0.4 is 20.1 Å². The van der Waals surface area contributed by atoms with Crippen LogP contribution in [0.4, 0.5) is 0 Å². The van der Waals surface area contributed by atoms with Gasteiger partial charge in [0.05, 0.1) is 12.1 Å². The molecule has 2 amide bonds. The van der Waals surface area contributed by atoms with E-state index >= 15 is 0 Å². The molecule has 1 aliphatic rings. The lowest BCUT2D eigenvalue weighted by Crippen LogP contribution is -2.63. The predicted octanol–water partition coefficient (Wildman–Crippen LogP) is 5.97. The molecule has 2 N–H and O–H groups in total. The second kappa shape index (κ2) is 11.4. The van der Waals surface area contributed by atoms with Gasteiger partial charge in [-0.1, -0.05) is 133 Å². The monoisotopic (exact) mass is 540 g/mol. The summed E-state index contributed by atoms with van der Waals surface area (Å²) in [6.07, 6.45) is 0. The highest BCUT2D eigenvalue weighted by Crippen LogP contribution is 2.40. The normalized spacial score (nSPS) is 13.1. The van der Waals surface area contributed by atoms with E-state index in [1.54, 1.807) is 24.3 Å². The SMILES string of the molecule is O=C(NC(c1ccccc1)c1ccccc1)C1(C(=O)NC(c2ccccc2)c2ccccc2)Oc2ccccc2O1. The second-order valence-corrected chi connectivity index (χ2v) is 9.72. The van der Waals surface area contributed by atoms with Crippen LogP contribution in [0.25, 0.3) is 0 Å². The standard InChI is InChI=1S/C35H28N2O4/c38-33(36-31(25-15-5-1-6-16-25)26-17-7-2-8-18-26)35(40-29-23-13-14-24-30(29)41-35)34(39)37-32(27-19-9-3-10-20-27)28-21-11-4-12-22-28/h1-24,31-32H,(H,36,38)(H,37,39). The molecule has 0 saturated heterocycles. The molecule has 6 rings (SSSR count). The minimum atomic E-state index is -2.30. The molecule has 0 fully saturated rings. The number of hydrogen-bond donors (Lipinski definition) is 2. The van der Waals surface area contributed by atoms with E-state index in [0.717, 1.165) is 22.3 Å². The van der Waals surface area contributed by atoms with E-state index in [-0.39, 0.29) is 0 Å². The first-order chi connectivity index (χ1) is 20.1. The maximum atomic E-state index is 14.3. The Hall–Kier alpha value is -5.36. The fraction of sp³-hybridized carbons (Fsp3) is 0.0857. The Morgan fingerprint density at radius 3 is 1.00 bits per heavy atom. The van der Waals surface area contributed by atoms with E-state index in [0.29, 0.717) is 11.5 Å². The minimum Gasteiger partial charge on any atom is -0.433 e. The predicted molar refractivity (Wildman–Crippen MR) is 156 cm³/mol. The summed E-state index contributed by atoms with van der Waals surface area (Å²) < 4.78 is 12.2. The molecule has 41 heavy (non-hydrogen) atoms. The Morgan fingerprint density at radius 1 is 0.439 bits per heavy atom. The number of carbonyl (C=O) groups is 2. The first-order valence-electron chi connectivity index (χ1n) is 13.4.